The van der Waals surface area contributed by atoms with Crippen molar-refractivity contribution in [2.45, 2.75) is 102 Å². The summed E-state index contributed by atoms with van der Waals surface area (Å²) in [5.74, 6) is -5.06. The first-order chi connectivity index (χ1) is 37.1. The molecular weight excluding hydrogens is 998 g/mol. The van der Waals surface area contributed by atoms with Gasteiger partial charge in [0.25, 0.3) is 17.4 Å². The highest BCUT2D eigenvalue weighted by atomic mass is 19.1. The van der Waals surface area contributed by atoms with Gasteiger partial charge in [-0.05, 0) is 79.3 Å². The molecule has 6 heterocycles. The number of hydrogen-bond donors (Lipinski definition) is 7. The molecule has 22 heteroatoms. The van der Waals surface area contributed by atoms with E-state index in [-0.39, 0.29) is 68.1 Å². The number of carbonyl (C=O) groups is 8. The van der Waals surface area contributed by atoms with Crippen LogP contribution in [0.4, 0.5) is 4.39 Å². The number of esters is 1. The van der Waals surface area contributed by atoms with E-state index in [0.29, 0.717) is 82.6 Å². The number of unbranched alkanes of at least 4 members (excludes halogenated alkanes) is 2. The van der Waals surface area contributed by atoms with E-state index in [4.69, 9.17) is 14.5 Å². The molecule has 3 aliphatic heterocycles. The van der Waals surface area contributed by atoms with Gasteiger partial charge in [0.2, 0.25) is 29.5 Å². The third-order valence-electron chi connectivity index (χ3n) is 14.9. The minimum absolute atomic E-state index is 0.0462. The number of aromatic nitrogens is 2. The lowest BCUT2D eigenvalue weighted by Crippen LogP contribution is -2.52. The van der Waals surface area contributed by atoms with Gasteiger partial charge in [-0.1, -0.05) is 49.8 Å². The van der Waals surface area contributed by atoms with Crippen LogP contribution in [0.3, 0.4) is 0 Å². The highest BCUT2D eigenvalue weighted by Crippen LogP contribution is 2.45. The fourth-order valence-electron chi connectivity index (χ4n) is 10.7. The van der Waals surface area contributed by atoms with Gasteiger partial charge >= 0.3 is 5.97 Å². The smallest absolute Gasteiger partial charge is 0.343 e. The molecule has 3 aromatic heterocycles. The molecule has 0 saturated heterocycles. The lowest BCUT2D eigenvalue weighted by molar-refractivity contribution is -0.172. The Morgan fingerprint density at radius 1 is 0.909 bits per heavy atom. The lowest BCUT2D eigenvalue weighted by Gasteiger charge is -2.34. The minimum Gasteiger partial charge on any atom is -0.458 e. The average molecular weight is 1050 g/mol. The summed E-state index contributed by atoms with van der Waals surface area (Å²) in [6.45, 7) is 1.48. The Balaban J connectivity index is 0.799. The molecule has 5 aliphatic rings. The van der Waals surface area contributed by atoms with Crippen LogP contribution in [0.2, 0.25) is 0 Å². The highest BCUT2D eigenvalue weighted by Gasteiger charge is 2.46. The quantitative estimate of drug-likeness (QED) is 0.0167. The van der Waals surface area contributed by atoms with Gasteiger partial charge < -0.3 is 46.5 Å². The molecule has 400 valence electrons. The number of amides is 7. The van der Waals surface area contributed by atoms with E-state index in [1.54, 1.807) is 50.2 Å². The standard InChI is InChI=1S/C55H56FN9O12/c1-3-55(75)33-21-38-48-47-46-35(16-15-31-28(2)34(56)22-36(63-48)45(31)46)62-49(50(47)65(38)53(73)32(33)26-76-54(55)74)51(30-13-14-30)77-27-60-41(68)24-59-52(72)37(20-29-10-6-4-7-11-29)61-42(69)25-58-40(67)23-57-39(66)12-8-5-9-19-64-43(70)17-18-44(64)71/h4,6-7,10-11,13,17-18,21-22,35,37,51,62,75H,3,5,8-9,12,14-16,19-20,23-27H2,1-2H3,(H,57,66)(H,58,67)(H,59,72)(H,60,68)(H,61,69)/t35-,37-,51-,55-/m0/s1. The molecule has 2 aromatic carbocycles. The van der Waals surface area contributed by atoms with Crippen LogP contribution in [0.15, 0.2) is 71.1 Å². The van der Waals surface area contributed by atoms with E-state index in [0.717, 1.165) is 27.0 Å². The minimum atomic E-state index is -2.09. The monoisotopic (exact) mass is 1050 g/mol. The van der Waals surface area contributed by atoms with E-state index in [1.807, 2.05) is 6.08 Å². The van der Waals surface area contributed by atoms with Gasteiger partial charge in [-0.25, -0.2) is 14.2 Å². The SMILES string of the molecule is CC[C@@]1(O)C(=O)OCc2c1cc1c3nc4cc(F)c(C)c5c4c4c3c(n1c2=O)=C([C@@H](OCNC(=O)CNC(=O)[C@H](Cc1ccccc1)NC(=O)CNC(=O)CNC(=O)CCCCCN1C(=O)C=CC1=O)C1=CC1)N[C@H]4CC5. The van der Waals surface area contributed by atoms with Gasteiger partial charge in [-0.15, -0.1) is 0 Å². The summed E-state index contributed by atoms with van der Waals surface area (Å²) in [7, 11) is 0. The number of aliphatic hydroxyl groups is 1. The molecule has 0 bridgehead atoms. The van der Waals surface area contributed by atoms with Crippen LogP contribution in [0, 0.1) is 12.7 Å². The predicted molar refractivity (Wildman–Crippen MR) is 274 cm³/mol. The normalized spacial score (nSPS) is 18.7. The number of aryl methyl sites for hydroxylation is 1. The van der Waals surface area contributed by atoms with Crippen molar-refractivity contribution < 1.29 is 57.3 Å². The Morgan fingerprint density at radius 2 is 1.62 bits per heavy atom. The van der Waals surface area contributed by atoms with Gasteiger partial charge in [0.1, 0.15) is 31.3 Å². The zero-order valence-corrected chi connectivity index (χ0v) is 42.3. The van der Waals surface area contributed by atoms with Crippen molar-refractivity contribution in [1.82, 2.24) is 46.2 Å². The number of allylic oxidation sites excluding steroid dienone is 1. The maximum absolute atomic E-state index is 15.5. The number of cyclic esters (lactones) is 1. The second-order valence-corrected chi connectivity index (χ2v) is 19.8. The molecule has 7 amide bonds. The Kier molecular flexibility index (Phi) is 14.4. The molecule has 77 heavy (non-hydrogen) atoms. The summed E-state index contributed by atoms with van der Waals surface area (Å²) < 4.78 is 28.8. The molecule has 2 aliphatic carbocycles. The number of ether oxygens (including phenoxy) is 2. The first-order valence-electron chi connectivity index (χ1n) is 25.7. The highest BCUT2D eigenvalue weighted by molar-refractivity contribution is 6.13. The molecule has 0 radical (unpaired) electrons. The van der Waals surface area contributed by atoms with Crippen LogP contribution in [0.25, 0.3) is 33.0 Å². The molecule has 10 rings (SSSR count). The molecule has 0 fully saturated rings. The Bertz CT molecular complexity index is 3520. The summed E-state index contributed by atoms with van der Waals surface area (Å²) in [5, 5.41) is 30.0. The zero-order chi connectivity index (χ0) is 54.3. The number of fused-ring (bicyclic) bond motifs is 4. The van der Waals surface area contributed by atoms with E-state index in [1.165, 1.54) is 22.6 Å². The maximum atomic E-state index is 15.5. The number of nitrogens with zero attached hydrogens (tertiary/aromatic N) is 3. The topological polar surface area (TPSA) is 285 Å². The van der Waals surface area contributed by atoms with Crippen molar-refractivity contribution in [2.75, 3.05) is 32.9 Å². The third-order valence-corrected chi connectivity index (χ3v) is 14.9. The van der Waals surface area contributed by atoms with Crippen molar-refractivity contribution in [3.63, 3.8) is 0 Å². The van der Waals surface area contributed by atoms with Crippen molar-refractivity contribution in [2.24, 2.45) is 0 Å². The Hall–Kier alpha value is -8.37. The summed E-state index contributed by atoms with van der Waals surface area (Å²) in [5.41, 5.74) is 2.96. The van der Waals surface area contributed by atoms with E-state index < -0.39 is 84.3 Å². The number of halogens is 1. The first-order valence-corrected chi connectivity index (χ1v) is 25.7. The number of nitrogens with one attached hydrogen (secondary N) is 6. The second kappa shape index (κ2) is 21.3. The van der Waals surface area contributed by atoms with Crippen molar-refractivity contribution in [3.05, 3.63) is 121 Å². The van der Waals surface area contributed by atoms with E-state index >= 15 is 4.39 Å². The maximum Gasteiger partial charge on any atom is 0.343 e. The van der Waals surface area contributed by atoms with Crippen molar-refractivity contribution in [1.29, 1.82) is 0 Å². The average Bonchev–Trinajstić information content (AvgIpc) is 4.36. The van der Waals surface area contributed by atoms with Gasteiger partial charge in [0.15, 0.2) is 5.60 Å². The number of rotatable bonds is 22. The number of carbonyl (C=O) groups excluding carboxylic acids is 8. The zero-order valence-electron chi connectivity index (χ0n) is 42.3. The van der Waals surface area contributed by atoms with Crippen LogP contribution < -0.4 is 42.8 Å². The molecule has 0 unspecified atom stereocenters. The molecule has 0 saturated carbocycles. The van der Waals surface area contributed by atoms with Crippen LogP contribution >= 0.6 is 0 Å². The molecule has 0 spiro atoms. The van der Waals surface area contributed by atoms with Crippen LogP contribution in [-0.2, 0) is 72.9 Å². The summed E-state index contributed by atoms with van der Waals surface area (Å²) in [4.78, 5) is 122. The summed E-state index contributed by atoms with van der Waals surface area (Å²) >= 11 is 0. The molecular formula is C55H56FN9O12. The summed E-state index contributed by atoms with van der Waals surface area (Å²) in [6.07, 6.45) is 6.91. The number of hydrogen-bond acceptors (Lipinski definition) is 14. The molecule has 5 aromatic rings. The van der Waals surface area contributed by atoms with Crippen molar-refractivity contribution in [3.8, 4) is 0 Å². The van der Waals surface area contributed by atoms with Gasteiger partial charge in [0, 0.05) is 53.9 Å². The molecule has 4 atom stereocenters. The van der Waals surface area contributed by atoms with E-state index in [2.05, 4.69) is 31.9 Å². The fourth-order valence-corrected chi connectivity index (χ4v) is 10.7. The van der Waals surface area contributed by atoms with Gasteiger partial charge in [-0.3, -0.25) is 47.7 Å². The Labute approximate surface area is 438 Å². The van der Waals surface area contributed by atoms with Crippen LogP contribution in [0.1, 0.15) is 91.3 Å². The van der Waals surface area contributed by atoms with Crippen LogP contribution in [0.5, 0.6) is 0 Å². The molecule has 21 nitrogen and oxygen atoms in total. The van der Waals surface area contributed by atoms with E-state index in [9.17, 15) is 48.3 Å². The number of imide groups is 1. The van der Waals surface area contributed by atoms with Gasteiger partial charge in [0.05, 0.1) is 58.8 Å². The second-order valence-electron chi connectivity index (χ2n) is 19.8. The number of benzene rings is 2. The van der Waals surface area contributed by atoms with Crippen molar-refractivity contribution >= 4 is 80.3 Å². The van der Waals surface area contributed by atoms with Gasteiger partial charge in [-0.2, -0.15) is 0 Å². The van der Waals surface area contributed by atoms with Crippen LogP contribution in [-0.4, -0.2) is 112 Å². The Morgan fingerprint density at radius 3 is 2.36 bits per heavy atom. The number of pyridine rings is 2. The lowest BCUT2D eigenvalue weighted by atomic mass is 9.81. The first kappa shape index (κ1) is 52.1. The largest absolute Gasteiger partial charge is 0.458 e. The predicted octanol–water partition coefficient (Wildman–Crippen LogP) is 0.871. The third kappa shape index (κ3) is 10.1. The summed E-state index contributed by atoms with van der Waals surface area (Å²) in [6, 6.07) is 10.4. The fraction of sp³-hybridized carbons (Fsp3) is 0.382. The molecule has 7 N–H and O–H groups in total.